The van der Waals surface area contributed by atoms with Crippen LogP contribution in [0.5, 0.6) is 0 Å². The van der Waals surface area contributed by atoms with Gasteiger partial charge in [-0.3, -0.25) is 4.79 Å². The summed E-state index contributed by atoms with van der Waals surface area (Å²) in [6, 6.07) is -0.489. The van der Waals surface area contributed by atoms with Crippen LogP contribution < -0.4 is 11.1 Å². The smallest absolute Gasteiger partial charge is 0.407 e. The van der Waals surface area contributed by atoms with Crippen molar-refractivity contribution < 1.29 is 14.3 Å². The fraction of sp³-hybridized carbons (Fsp3) is 0.833. The molecule has 1 fully saturated rings. The third-order valence-corrected chi connectivity index (χ3v) is 3.55. The van der Waals surface area contributed by atoms with Crippen molar-refractivity contribution in [2.45, 2.75) is 38.8 Å². The van der Waals surface area contributed by atoms with Gasteiger partial charge in [-0.15, -0.1) is 0 Å². The lowest BCUT2D eigenvalue weighted by Crippen LogP contribution is -2.47. The van der Waals surface area contributed by atoms with Crippen LogP contribution in [0.3, 0.4) is 0 Å². The highest BCUT2D eigenvalue weighted by molar-refractivity contribution is 5.82. The van der Waals surface area contributed by atoms with Crippen molar-refractivity contribution >= 4 is 12.0 Å². The maximum Gasteiger partial charge on any atom is 0.407 e. The van der Waals surface area contributed by atoms with Crippen LogP contribution in [0.2, 0.25) is 0 Å². The fourth-order valence-electron chi connectivity index (χ4n) is 2.01. The Labute approximate surface area is 108 Å². The monoisotopic (exact) mass is 257 g/mol. The van der Waals surface area contributed by atoms with Crippen LogP contribution in [-0.2, 0) is 9.53 Å². The van der Waals surface area contributed by atoms with Gasteiger partial charge >= 0.3 is 6.09 Å². The number of nitrogens with zero attached hydrogens (tertiary/aromatic N) is 1. The Balaban J connectivity index is 2.46. The standard InChI is InChI=1S/C12H23N3O3/c1-4-8(2)10(13)11(16)15-6-5-9(7-15)14-12(17)18-3/h8-10H,4-7,13H2,1-3H3,(H,14,17)/t8?,9?,10-/m0/s1. The van der Waals surface area contributed by atoms with E-state index in [1.54, 1.807) is 4.90 Å². The number of amides is 2. The molecule has 0 saturated carbocycles. The molecule has 1 aliphatic rings. The topological polar surface area (TPSA) is 84.7 Å². The van der Waals surface area contributed by atoms with E-state index in [4.69, 9.17) is 5.73 Å². The SMILES string of the molecule is CCC(C)[C@H](N)C(=O)N1CCC(NC(=O)OC)C1. The number of carbonyl (C=O) groups excluding carboxylic acids is 2. The Morgan fingerprint density at radius 2 is 2.22 bits per heavy atom. The number of methoxy groups -OCH3 is 1. The van der Waals surface area contributed by atoms with E-state index in [-0.39, 0.29) is 17.9 Å². The highest BCUT2D eigenvalue weighted by Crippen LogP contribution is 2.14. The summed E-state index contributed by atoms with van der Waals surface area (Å²) in [5.41, 5.74) is 5.92. The summed E-state index contributed by atoms with van der Waals surface area (Å²) >= 11 is 0. The molecular weight excluding hydrogens is 234 g/mol. The number of hydrogen-bond donors (Lipinski definition) is 2. The van der Waals surface area contributed by atoms with E-state index in [1.165, 1.54) is 7.11 Å². The van der Waals surface area contributed by atoms with Gasteiger partial charge in [-0.25, -0.2) is 4.79 Å². The third-order valence-electron chi connectivity index (χ3n) is 3.55. The van der Waals surface area contributed by atoms with Gasteiger partial charge in [-0.2, -0.15) is 0 Å². The van der Waals surface area contributed by atoms with Crippen molar-refractivity contribution in [1.29, 1.82) is 0 Å². The number of carbonyl (C=O) groups is 2. The lowest BCUT2D eigenvalue weighted by molar-refractivity contribution is -0.132. The first kappa shape index (κ1) is 14.8. The predicted molar refractivity (Wildman–Crippen MR) is 68.0 cm³/mol. The summed E-state index contributed by atoms with van der Waals surface area (Å²) in [7, 11) is 1.33. The molecule has 0 aromatic heterocycles. The van der Waals surface area contributed by atoms with Gasteiger partial charge in [0.05, 0.1) is 19.2 Å². The number of likely N-dealkylation sites (tertiary alicyclic amines) is 1. The molecule has 1 saturated heterocycles. The highest BCUT2D eigenvalue weighted by Gasteiger charge is 2.31. The van der Waals surface area contributed by atoms with E-state index in [2.05, 4.69) is 10.1 Å². The van der Waals surface area contributed by atoms with E-state index in [9.17, 15) is 9.59 Å². The molecule has 104 valence electrons. The number of alkyl carbamates (subject to hydrolysis) is 1. The van der Waals surface area contributed by atoms with Gasteiger partial charge < -0.3 is 20.7 Å². The second-order valence-corrected chi connectivity index (χ2v) is 4.82. The normalized spacial score (nSPS) is 22.4. The number of rotatable bonds is 4. The largest absolute Gasteiger partial charge is 0.453 e. The summed E-state index contributed by atoms with van der Waals surface area (Å²) in [5.74, 6) is 0.142. The predicted octanol–water partition coefficient (Wildman–Crippen LogP) is 0.317. The van der Waals surface area contributed by atoms with Gasteiger partial charge in [-0.1, -0.05) is 20.3 Å². The number of nitrogens with two attached hydrogens (primary N) is 1. The molecule has 1 aliphatic heterocycles. The Kier molecular flexibility index (Phi) is 5.40. The lowest BCUT2D eigenvalue weighted by Gasteiger charge is -2.24. The molecule has 3 atom stereocenters. The van der Waals surface area contributed by atoms with Crippen LogP contribution in [0.25, 0.3) is 0 Å². The summed E-state index contributed by atoms with van der Waals surface area (Å²) in [6.07, 6.45) is 1.17. The van der Waals surface area contributed by atoms with Gasteiger partial charge in [0.15, 0.2) is 0 Å². The van der Waals surface area contributed by atoms with E-state index >= 15 is 0 Å². The van der Waals surface area contributed by atoms with E-state index < -0.39 is 12.1 Å². The van der Waals surface area contributed by atoms with Crippen LogP contribution in [0.15, 0.2) is 0 Å². The third kappa shape index (κ3) is 3.60. The molecule has 6 nitrogen and oxygen atoms in total. The molecule has 3 N–H and O–H groups in total. The molecule has 0 bridgehead atoms. The molecule has 0 radical (unpaired) electrons. The minimum atomic E-state index is -0.458. The van der Waals surface area contributed by atoms with Crippen molar-refractivity contribution in [2.24, 2.45) is 11.7 Å². The molecule has 18 heavy (non-hydrogen) atoms. The molecule has 0 spiro atoms. The van der Waals surface area contributed by atoms with Crippen LogP contribution in [0.1, 0.15) is 26.7 Å². The van der Waals surface area contributed by atoms with Crippen molar-refractivity contribution in [3.8, 4) is 0 Å². The summed E-state index contributed by atoms with van der Waals surface area (Å²) in [5, 5.41) is 2.70. The Bertz CT molecular complexity index is 309. The molecule has 6 heteroatoms. The molecule has 1 rings (SSSR count). The quantitative estimate of drug-likeness (QED) is 0.759. The van der Waals surface area contributed by atoms with Crippen molar-refractivity contribution in [3.63, 3.8) is 0 Å². The number of hydrogen-bond acceptors (Lipinski definition) is 4. The summed E-state index contributed by atoms with van der Waals surface area (Å²) in [4.78, 5) is 24.9. The van der Waals surface area contributed by atoms with Gasteiger partial charge in [-0.05, 0) is 12.3 Å². The molecule has 0 aliphatic carbocycles. The number of ether oxygens (including phenoxy) is 1. The lowest BCUT2D eigenvalue weighted by atomic mass is 9.99. The summed E-state index contributed by atoms with van der Waals surface area (Å²) < 4.78 is 4.53. The second kappa shape index (κ2) is 6.58. The molecule has 1 heterocycles. The molecule has 0 aromatic rings. The first-order chi connectivity index (χ1) is 8.49. The van der Waals surface area contributed by atoms with Gasteiger partial charge in [0.2, 0.25) is 5.91 Å². The van der Waals surface area contributed by atoms with Crippen LogP contribution >= 0.6 is 0 Å². The average Bonchev–Trinajstić information content (AvgIpc) is 2.84. The average molecular weight is 257 g/mol. The highest BCUT2D eigenvalue weighted by atomic mass is 16.5. The van der Waals surface area contributed by atoms with Crippen molar-refractivity contribution in [1.82, 2.24) is 10.2 Å². The van der Waals surface area contributed by atoms with Gasteiger partial charge in [0.25, 0.3) is 0 Å². The van der Waals surface area contributed by atoms with Crippen LogP contribution in [0.4, 0.5) is 4.79 Å². The Hall–Kier alpha value is -1.30. The zero-order chi connectivity index (χ0) is 13.7. The molecular formula is C12H23N3O3. The van der Waals surface area contributed by atoms with E-state index in [0.29, 0.717) is 13.1 Å². The van der Waals surface area contributed by atoms with E-state index in [1.807, 2.05) is 13.8 Å². The second-order valence-electron chi connectivity index (χ2n) is 4.82. The van der Waals surface area contributed by atoms with Gasteiger partial charge in [0, 0.05) is 13.1 Å². The Morgan fingerprint density at radius 1 is 1.56 bits per heavy atom. The fourth-order valence-corrected chi connectivity index (χ4v) is 2.01. The number of nitrogens with one attached hydrogen (secondary N) is 1. The van der Waals surface area contributed by atoms with Crippen molar-refractivity contribution in [2.75, 3.05) is 20.2 Å². The van der Waals surface area contributed by atoms with Crippen molar-refractivity contribution in [3.05, 3.63) is 0 Å². The molecule has 2 amide bonds. The molecule has 0 aromatic carbocycles. The van der Waals surface area contributed by atoms with E-state index in [0.717, 1.165) is 12.8 Å². The maximum atomic E-state index is 12.1. The Morgan fingerprint density at radius 3 is 2.78 bits per heavy atom. The van der Waals surface area contributed by atoms with Gasteiger partial charge in [0.1, 0.15) is 0 Å². The van der Waals surface area contributed by atoms with Crippen LogP contribution in [-0.4, -0.2) is 49.2 Å². The maximum absolute atomic E-state index is 12.1. The summed E-state index contributed by atoms with van der Waals surface area (Å²) in [6.45, 7) is 5.14. The molecule has 2 unspecified atom stereocenters. The zero-order valence-electron chi connectivity index (χ0n) is 11.3. The van der Waals surface area contributed by atoms with Crippen LogP contribution in [0, 0.1) is 5.92 Å². The minimum absolute atomic E-state index is 0.0292. The zero-order valence-corrected chi connectivity index (χ0v) is 11.3. The first-order valence-corrected chi connectivity index (χ1v) is 6.38. The first-order valence-electron chi connectivity index (χ1n) is 6.38. The minimum Gasteiger partial charge on any atom is -0.453 e.